The van der Waals surface area contributed by atoms with Crippen molar-refractivity contribution in [1.29, 1.82) is 0 Å². The summed E-state index contributed by atoms with van der Waals surface area (Å²) in [6.07, 6.45) is 0. The molecule has 2 amide bonds. The topological polar surface area (TPSA) is 50.8 Å². The lowest BCUT2D eigenvalue weighted by molar-refractivity contribution is -0.0498. The number of amides is 2. The van der Waals surface area contributed by atoms with Crippen molar-refractivity contribution >= 4 is 6.03 Å². The molecule has 0 fully saturated rings. The van der Waals surface area contributed by atoms with Crippen LogP contribution in [0.4, 0.5) is 13.6 Å². The summed E-state index contributed by atoms with van der Waals surface area (Å²) in [6.45, 7) is -0.611. The van der Waals surface area contributed by atoms with Crippen LogP contribution in [0.25, 0.3) is 0 Å². The van der Waals surface area contributed by atoms with E-state index in [-0.39, 0.29) is 17.8 Å². The highest BCUT2D eigenvalue weighted by Crippen LogP contribution is 2.19. The summed E-state index contributed by atoms with van der Waals surface area (Å²) >= 11 is 0. The molecule has 7 heteroatoms. The molecule has 0 aliphatic rings. The number of alkyl halides is 2. The normalized spacial score (nSPS) is 11.8. The number of nitrogens with zero attached hydrogens (tertiary/aromatic N) is 1. The fourth-order valence-electron chi connectivity index (χ4n) is 2.43. The molecule has 0 bridgehead atoms. The lowest BCUT2D eigenvalue weighted by atomic mass is 10.1. The maximum atomic E-state index is 12.4. The Morgan fingerprint density at radius 3 is 2.46 bits per heavy atom. The van der Waals surface area contributed by atoms with Crippen LogP contribution in [0.1, 0.15) is 24.1 Å². The molecule has 5 nitrogen and oxygen atoms in total. The van der Waals surface area contributed by atoms with Crippen LogP contribution in [0, 0.1) is 0 Å². The largest absolute Gasteiger partial charge is 0.497 e. The molecule has 1 atom stereocenters. The van der Waals surface area contributed by atoms with Crippen molar-refractivity contribution in [3.63, 3.8) is 0 Å². The molecule has 2 aromatic carbocycles. The van der Waals surface area contributed by atoms with Crippen molar-refractivity contribution < 1.29 is 23.0 Å². The molecule has 2 aromatic rings. The number of methoxy groups -OCH3 is 1. The Labute approximate surface area is 151 Å². The molecule has 1 unspecified atom stereocenters. The Hall–Kier alpha value is -2.83. The van der Waals surface area contributed by atoms with Crippen molar-refractivity contribution in [2.75, 3.05) is 14.2 Å². The van der Waals surface area contributed by atoms with Crippen LogP contribution in [0.5, 0.6) is 11.5 Å². The predicted molar refractivity (Wildman–Crippen MR) is 94.5 cm³/mol. The van der Waals surface area contributed by atoms with E-state index in [4.69, 9.17) is 4.74 Å². The molecule has 26 heavy (non-hydrogen) atoms. The second-order valence-electron chi connectivity index (χ2n) is 5.83. The standard InChI is InChI=1S/C19H22F2N2O3/c1-13(15-7-9-16(10-8-15)26-18(20)21)22-19(24)23(2)12-14-5-4-6-17(11-14)25-3/h4-11,13,18H,12H2,1-3H3,(H,22,24). The average Bonchev–Trinajstić information content (AvgIpc) is 2.61. The molecule has 140 valence electrons. The van der Waals surface area contributed by atoms with Crippen molar-refractivity contribution in [3.05, 3.63) is 59.7 Å². The van der Waals surface area contributed by atoms with Crippen LogP contribution in [0.3, 0.4) is 0 Å². The van der Waals surface area contributed by atoms with Gasteiger partial charge in [0, 0.05) is 13.6 Å². The first-order valence-corrected chi connectivity index (χ1v) is 8.08. The number of hydrogen-bond donors (Lipinski definition) is 1. The summed E-state index contributed by atoms with van der Waals surface area (Å²) < 4.78 is 33.8. The van der Waals surface area contributed by atoms with E-state index in [0.717, 1.165) is 16.9 Å². The van der Waals surface area contributed by atoms with Crippen molar-refractivity contribution in [3.8, 4) is 11.5 Å². The summed E-state index contributed by atoms with van der Waals surface area (Å²) in [4.78, 5) is 13.9. The third kappa shape index (κ3) is 5.61. The zero-order valence-electron chi connectivity index (χ0n) is 14.9. The zero-order valence-corrected chi connectivity index (χ0v) is 14.9. The van der Waals surface area contributed by atoms with Gasteiger partial charge < -0.3 is 19.7 Å². The number of hydrogen-bond acceptors (Lipinski definition) is 3. The second kappa shape index (κ2) is 9.03. The Bertz CT molecular complexity index is 723. The molecule has 0 aromatic heterocycles. The Morgan fingerprint density at radius 1 is 1.15 bits per heavy atom. The van der Waals surface area contributed by atoms with Gasteiger partial charge in [0.05, 0.1) is 13.2 Å². The third-order valence-electron chi connectivity index (χ3n) is 3.85. The van der Waals surface area contributed by atoms with E-state index in [1.54, 1.807) is 31.2 Å². The van der Waals surface area contributed by atoms with Gasteiger partial charge in [-0.15, -0.1) is 0 Å². The lowest BCUT2D eigenvalue weighted by Gasteiger charge is -2.22. The predicted octanol–water partition coefficient (Wildman–Crippen LogP) is 4.20. The fraction of sp³-hybridized carbons (Fsp3) is 0.316. The van der Waals surface area contributed by atoms with Crippen molar-refractivity contribution in [2.24, 2.45) is 0 Å². The van der Waals surface area contributed by atoms with Gasteiger partial charge >= 0.3 is 12.6 Å². The number of nitrogens with one attached hydrogen (secondary N) is 1. The first-order valence-electron chi connectivity index (χ1n) is 8.08. The molecule has 0 spiro atoms. The fourth-order valence-corrected chi connectivity index (χ4v) is 2.43. The number of urea groups is 1. The van der Waals surface area contributed by atoms with Crippen LogP contribution in [0.15, 0.2) is 48.5 Å². The number of ether oxygens (including phenoxy) is 2. The molecule has 1 N–H and O–H groups in total. The van der Waals surface area contributed by atoms with Gasteiger partial charge in [-0.3, -0.25) is 0 Å². The van der Waals surface area contributed by atoms with Gasteiger partial charge in [0.25, 0.3) is 0 Å². The average molecular weight is 364 g/mol. The SMILES string of the molecule is COc1cccc(CN(C)C(=O)NC(C)c2ccc(OC(F)F)cc2)c1. The van der Waals surface area contributed by atoms with E-state index in [0.29, 0.717) is 6.54 Å². The van der Waals surface area contributed by atoms with E-state index >= 15 is 0 Å². The van der Waals surface area contributed by atoms with E-state index in [1.807, 2.05) is 31.2 Å². The number of carbonyl (C=O) groups excluding carboxylic acids is 1. The van der Waals surface area contributed by atoms with E-state index in [9.17, 15) is 13.6 Å². The van der Waals surface area contributed by atoms with Crippen LogP contribution >= 0.6 is 0 Å². The Balaban J connectivity index is 1.92. The third-order valence-corrected chi connectivity index (χ3v) is 3.85. The summed E-state index contributed by atoms with van der Waals surface area (Å²) in [5.74, 6) is 0.813. The monoisotopic (exact) mass is 364 g/mol. The van der Waals surface area contributed by atoms with Crippen LogP contribution < -0.4 is 14.8 Å². The highest BCUT2D eigenvalue weighted by atomic mass is 19.3. The van der Waals surface area contributed by atoms with Gasteiger partial charge in [-0.2, -0.15) is 8.78 Å². The van der Waals surface area contributed by atoms with Crippen LogP contribution in [0.2, 0.25) is 0 Å². The molecule has 0 aliphatic carbocycles. The molecule has 0 radical (unpaired) electrons. The molecular weight excluding hydrogens is 342 g/mol. The minimum Gasteiger partial charge on any atom is -0.497 e. The molecular formula is C19H22F2N2O3. The lowest BCUT2D eigenvalue weighted by Crippen LogP contribution is -2.38. The smallest absolute Gasteiger partial charge is 0.387 e. The minimum atomic E-state index is -2.86. The summed E-state index contributed by atoms with van der Waals surface area (Å²) in [5.41, 5.74) is 1.73. The number of rotatable bonds is 7. The molecule has 2 rings (SSSR count). The van der Waals surface area contributed by atoms with Gasteiger partial charge in [-0.25, -0.2) is 4.79 Å². The molecule has 0 saturated carbocycles. The maximum Gasteiger partial charge on any atom is 0.387 e. The summed E-state index contributed by atoms with van der Waals surface area (Å²) in [7, 11) is 3.29. The molecule has 0 aliphatic heterocycles. The highest BCUT2D eigenvalue weighted by Gasteiger charge is 2.14. The number of halogens is 2. The maximum absolute atomic E-state index is 12.4. The van der Waals surface area contributed by atoms with Gasteiger partial charge in [0.1, 0.15) is 11.5 Å². The zero-order chi connectivity index (χ0) is 19.1. The van der Waals surface area contributed by atoms with Crippen molar-refractivity contribution in [1.82, 2.24) is 10.2 Å². The van der Waals surface area contributed by atoms with Gasteiger partial charge in [-0.1, -0.05) is 24.3 Å². The van der Waals surface area contributed by atoms with Gasteiger partial charge in [0.2, 0.25) is 0 Å². The Kier molecular flexibility index (Phi) is 6.77. The van der Waals surface area contributed by atoms with E-state index in [2.05, 4.69) is 10.1 Å². The quantitative estimate of drug-likeness (QED) is 0.801. The van der Waals surface area contributed by atoms with E-state index < -0.39 is 6.61 Å². The Morgan fingerprint density at radius 2 is 1.85 bits per heavy atom. The number of benzene rings is 2. The van der Waals surface area contributed by atoms with Crippen molar-refractivity contribution in [2.45, 2.75) is 26.1 Å². The summed E-state index contributed by atoms with van der Waals surface area (Å²) in [5, 5.41) is 2.87. The van der Waals surface area contributed by atoms with Gasteiger partial charge in [-0.05, 0) is 42.3 Å². The first-order chi connectivity index (χ1) is 12.4. The first kappa shape index (κ1) is 19.5. The summed E-state index contributed by atoms with van der Waals surface area (Å²) in [6, 6.07) is 13.2. The molecule has 0 heterocycles. The molecule has 0 saturated heterocycles. The highest BCUT2D eigenvalue weighted by molar-refractivity contribution is 5.74. The number of carbonyl (C=O) groups is 1. The second-order valence-corrected chi connectivity index (χ2v) is 5.83. The van der Waals surface area contributed by atoms with Crippen LogP contribution in [-0.2, 0) is 6.54 Å². The van der Waals surface area contributed by atoms with Crippen LogP contribution in [-0.4, -0.2) is 31.7 Å². The minimum absolute atomic E-state index is 0.0809. The van der Waals surface area contributed by atoms with E-state index in [1.165, 1.54) is 12.1 Å². The van der Waals surface area contributed by atoms with Gasteiger partial charge in [0.15, 0.2) is 0 Å².